The minimum absolute atomic E-state index is 0.0734. The first-order chi connectivity index (χ1) is 13.7. The Kier molecular flexibility index (Phi) is 5.61. The Morgan fingerprint density at radius 3 is 2.45 bits per heavy atom. The molecule has 1 unspecified atom stereocenters. The summed E-state index contributed by atoms with van der Waals surface area (Å²) in [6.45, 7) is 1.26. The van der Waals surface area contributed by atoms with Crippen LogP contribution in [0.1, 0.15) is 18.2 Å². The number of benzene rings is 1. The van der Waals surface area contributed by atoms with Gasteiger partial charge >= 0.3 is 12.1 Å². The van der Waals surface area contributed by atoms with Crippen LogP contribution in [0.4, 0.5) is 17.6 Å². The van der Waals surface area contributed by atoms with Crippen molar-refractivity contribution in [3.8, 4) is 0 Å². The second-order valence-corrected chi connectivity index (χ2v) is 6.30. The van der Waals surface area contributed by atoms with Crippen LogP contribution in [0, 0.1) is 5.82 Å². The van der Waals surface area contributed by atoms with E-state index in [2.05, 4.69) is 15.3 Å². The molecule has 0 aliphatic carbocycles. The van der Waals surface area contributed by atoms with Gasteiger partial charge in [-0.05, 0) is 36.8 Å². The summed E-state index contributed by atoms with van der Waals surface area (Å²) in [5.74, 6) is -2.34. The molecule has 0 amide bonds. The number of ether oxygens (including phenoxy) is 1. The second kappa shape index (κ2) is 7.82. The summed E-state index contributed by atoms with van der Waals surface area (Å²) in [7, 11) is 0. The Morgan fingerprint density at radius 1 is 1.21 bits per heavy atom. The highest BCUT2D eigenvalue weighted by atomic mass is 35.5. The largest absolute Gasteiger partial charge is 0.462 e. The molecule has 2 aromatic rings. The van der Waals surface area contributed by atoms with Crippen LogP contribution < -0.4 is 5.32 Å². The van der Waals surface area contributed by atoms with Crippen molar-refractivity contribution in [2.75, 3.05) is 6.61 Å². The topological polar surface area (TPSA) is 63.6 Å². The van der Waals surface area contributed by atoms with Crippen LogP contribution in [0.5, 0.6) is 0 Å². The molecule has 1 aliphatic heterocycles. The quantitative estimate of drug-likeness (QED) is 0.454. The summed E-state index contributed by atoms with van der Waals surface area (Å²) in [4.78, 5) is 20.3. The van der Waals surface area contributed by atoms with Gasteiger partial charge in [0.05, 0.1) is 6.61 Å². The van der Waals surface area contributed by atoms with Crippen molar-refractivity contribution in [3.05, 3.63) is 76.5 Å². The first-order valence-corrected chi connectivity index (χ1v) is 8.77. The maximum atomic E-state index is 14.5. The summed E-state index contributed by atoms with van der Waals surface area (Å²) < 4.78 is 61.8. The van der Waals surface area contributed by atoms with E-state index >= 15 is 0 Å². The van der Waals surface area contributed by atoms with E-state index in [0.29, 0.717) is 0 Å². The highest BCUT2D eigenvalue weighted by Gasteiger charge is 2.63. The third kappa shape index (κ3) is 3.69. The molecule has 152 valence electrons. The fourth-order valence-corrected chi connectivity index (χ4v) is 3.21. The van der Waals surface area contributed by atoms with Gasteiger partial charge in [0.2, 0.25) is 5.54 Å². The number of alkyl halides is 3. The lowest BCUT2D eigenvalue weighted by Crippen LogP contribution is -2.51. The van der Waals surface area contributed by atoms with E-state index in [-0.39, 0.29) is 18.1 Å². The molecule has 0 bridgehead atoms. The molecule has 0 saturated heterocycles. The van der Waals surface area contributed by atoms with Crippen LogP contribution in [0.25, 0.3) is 0 Å². The monoisotopic (exact) mass is 427 g/mol. The Bertz CT molecular complexity index is 975. The Balaban J connectivity index is 2.34. The molecule has 1 aromatic carbocycles. The number of nitrogens with zero attached hydrogens (tertiary/aromatic N) is 2. The summed E-state index contributed by atoms with van der Waals surface area (Å²) in [6.07, 6.45) is -3.75. The normalized spacial score (nSPS) is 19.4. The molecule has 1 aromatic heterocycles. The number of aromatic nitrogens is 1. The molecule has 10 heteroatoms. The maximum absolute atomic E-state index is 14.5. The van der Waals surface area contributed by atoms with Gasteiger partial charge in [0.25, 0.3) is 0 Å². The summed E-state index contributed by atoms with van der Waals surface area (Å²) >= 11 is 6.11. The molecule has 1 atom stereocenters. The third-order valence-corrected chi connectivity index (χ3v) is 4.43. The van der Waals surface area contributed by atoms with Crippen LogP contribution in [0.2, 0.25) is 0 Å². The molecule has 29 heavy (non-hydrogen) atoms. The van der Waals surface area contributed by atoms with Crippen molar-refractivity contribution in [1.82, 2.24) is 10.3 Å². The summed E-state index contributed by atoms with van der Waals surface area (Å²) in [6, 6.07) is 8.05. The zero-order valence-electron chi connectivity index (χ0n) is 14.9. The van der Waals surface area contributed by atoms with E-state index in [1.54, 1.807) is 12.1 Å². The number of hydrogen-bond donors (Lipinski definition) is 1. The van der Waals surface area contributed by atoms with Crippen LogP contribution in [-0.4, -0.2) is 29.6 Å². The van der Waals surface area contributed by atoms with Crippen LogP contribution in [0.15, 0.2) is 64.4 Å². The average molecular weight is 428 g/mol. The maximum Gasteiger partial charge on any atom is 0.422 e. The fraction of sp³-hybridized carbons (Fsp3) is 0.211. The minimum atomic E-state index is -5.12. The number of rotatable bonds is 4. The minimum Gasteiger partial charge on any atom is -0.462 e. The average Bonchev–Trinajstić information content (AvgIpc) is 2.67. The first-order valence-electron chi connectivity index (χ1n) is 8.39. The van der Waals surface area contributed by atoms with E-state index in [1.807, 2.05) is 0 Å². The second-order valence-electron chi connectivity index (χ2n) is 5.92. The van der Waals surface area contributed by atoms with Gasteiger partial charge in [0.15, 0.2) is 5.84 Å². The van der Waals surface area contributed by atoms with Gasteiger partial charge in [-0.3, -0.25) is 4.98 Å². The lowest BCUT2D eigenvalue weighted by molar-refractivity contribution is -0.182. The predicted octanol–water partition coefficient (Wildman–Crippen LogP) is 4.04. The predicted molar refractivity (Wildman–Crippen MR) is 97.6 cm³/mol. The molecular formula is C19H14ClF4N3O2. The number of carbonyl (C=O) groups is 1. The fourth-order valence-electron chi connectivity index (χ4n) is 2.91. The zero-order valence-corrected chi connectivity index (χ0v) is 15.7. The number of pyridine rings is 1. The van der Waals surface area contributed by atoms with Crippen molar-refractivity contribution in [2.24, 2.45) is 4.99 Å². The molecular weight excluding hydrogens is 414 g/mol. The zero-order chi connectivity index (χ0) is 21.2. The lowest BCUT2D eigenvalue weighted by atomic mass is 9.81. The number of hydrogen-bond acceptors (Lipinski definition) is 5. The molecule has 3 rings (SSSR count). The van der Waals surface area contributed by atoms with Gasteiger partial charge in [-0.2, -0.15) is 13.2 Å². The molecule has 0 fully saturated rings. The van der Waals surface area contributed by atoms with E-state index < -0.39 is 39.8 Å². The van der Waals surface area contributed by atoms with Crippen molar-refractivity contribution in [1.29, 1.82) is 0 Å². The highest BCUT2D eigenvalue weighted by molar-refractivity contribution is 6.33. The molecule has 2 heterocycles. The number of esters is 1. The molecule has 1 N–H and O–H groups in total. The van der Waals surface area contributed by atoms with Gasteiger partial charge in [-0.1, -0.05) is 29.8 Å². The van der Waals surface area contributed by atoms with Gasteiger partial charge in [0.1, 0.15) is 22.2 Å². The molecule has 0 saturated carbocycles. The standard InChI is InChI=1S/C19H14ClF4N3O2/c1-2-29-17(28)14-15(20)26-16(13-5-3-4-10-25-13)27-18(14,19(22,23)24)11-6-8-12(21)9-7-11/h3-10H,2H2,1H3,(H,26,27). The first kappa shape index (κ1) is 20.8. The van der Waals surface area contributed by atoms with Gasteiger partial charge < -0.3 is 10.1 Å². The Hall–Kier alpha value is -2.94. The van der Waals surface area contributed by atoms with Gasteiger partial charge in [-0.15, -0.1) is 0 Å². The van der Waals surface area contributed by atoms with Gasteiger partial charge in [0, 0.05) is 6.20 Å². The molecule has 5 nitrogen and oxygen atoms in total. The van der Waals surface area contributed by atoms with Crippen molar-refractivity contribution in [2.45, 2.75) is 18.6 Å². The number of carbonyl (C=O) groups excluding carboxylic acids is 1. The summed E-state index contributed by atoms with van der Waals surface area (Å²) in [5, 5.41) is 1.88. The van der Waals surface area contributed by atoms with E-state index in [1.165, 1.54) is 19.2 Å². The van der Waals surface area contributed by atoms with Crippen molar-refractivity contribution >= 4 is 23.4 Å². The number of halogens is 5. The number of aliphatic imine (C=N–C) groups is 1. The SMILES string of the molecule is CCOC(=O)C1=C(Cl)NC(c2ccccn2)=NC1(c1ccc(F)cc1)C(F)(F)F. The van der Waals surface area contributed by atoms with Crippen LogP contribution in [-0.2, 0) is 15.1 Å². The van der Waals surface area contributed by atoms with Crippen LogP contribution >= 0.6 is 11.6 Å². The number of amidine groups is 1. The van der Waals surface area contributed by atoms with Crippen molar-refractivity contribution in [3.63, 3.8) is 0 Å². The van der Waals surface area contributed by atoms with E-state index in [9.17, 15) is 22.4 Å². The molecule has 0 radical (unpaired) electrons. The smallest absolute Gasteiger partial charge is 0.422 e. The van der Waals surface area contributed by atoms with Crippen LogP contribution in [0.3, 0.4) is 0 Å². The Morgan fingerprint density at radius 2 is 1.90 bits per heavy atom. The van der Waals surface area contributed by atoms with Gasteiger partial charge in [-0.25, -0.2) is 14.2 Å². The van der Waals surface area contributed by atoms with Crippen molar-refractivity contribution < 1.29 is 27.1 Å². The summed E-state index contributed by atoms with van der Waals surface area (Å²) in [5.41, 5.74) is -4.59. The van der Waals surface area contributed by atoms with E-state index in [4.69, 9.17) is 16.3 Å². The highest BCUT2D eigenvalue weighted by Crippen LogP contribution is 2.51. The molecule has 1 aliphatic rings. The Labute approximate surface area is 168 Å². The molecule has 0 spiro atoms. The number of nitrogens with one attached hydrogen (secondary N) is 1. The lowest BCUT2D eigenvalue weighted by Gasteiger charge is -2.37. The van der Waals surface area contributed by atoms with E-state index in [0.717, 1.165) is 24.3 Å². The third-order valence-electron chi connectivity index (χ3n) is 4.15.